The third-order valence-electron chi connectivity index (χ3n) is 1.25. The van der Waals surface area contributed by atoms with E-state index in [0.29, 0.717) is 5.92 Å². The standard InChI is InChI=1S/C8H10N.C2H6.Rf/c1-7(2)8-4-3-5-9-6-8;1-2;/h3,5-7H,1-2H3;1-2H3;/q-1;;. The number of pyridine rings is 1. The number of rotatable bonds is 1. The van der Waals surface area contributed by atoms with E-state index in [1.807, 2.05) is 26.1 Å². The van der Waals surface area contributed by atoms with Gasteiger partial charge in [0.25, 0.3) is 0 Å². The molecule has 0 aliphatic carbocycles. The summed E-state index contributed by atoms with van der Waals surface area (Å²) in [6.07, 6.45) is 3.59. The molecule has 0 unspecified atom stereocenters. The van der Waals surface area contributed by atoms with Crippen molar-refractivity contribution < 1.29 is 0 Å². The van der Waals surface area contributed by atoms with Crippen LogP contribution in [-0.4, -0.2) is 4.98 Å². The average Bonchev–Trinajstić information content (AvgIpc) is 2.10. The monoisotopic (exact) mass is 417 g/mol. The fourth-order valence-corrected chi connectivity index (χ4v) is 0.653. The Labute approximate surface area is 69.5 Å². The summed E-state index contributed by atoms with van der Waals surface area (Å²) in [5.74, 6) is 0.540. The molecule has 0 aliphatic heterocycles. The quantitative estimate of drug-likeness (QED) is 0.641. The minimum atomic E-state index is 0. The van der Waals surface area contributed by atoms with E-state index in [1.165, 1.54) is 5.56 Å². The maximum Gasteiger partial charge on any atom is 0 e. The first-order chi connectivity index (χ1) is 5.30. The van der Waals surface area contributed by atoms with Gasteiger partial charge in [0.05, 0.1) is 0 Å². The predicted molar refractivity (Wildman–Crippen MR) is 48.5 cm³/mol. The maximum absolute atomic E-state index is 3.97. The molecule has 1 rings (SSSR count). The van der Waals surface area contributed by atoms with Gasteiger partial charge in [-0.15, -0.1) is 5.56 Å². The summed E-state index contributed by atoms with van der Waals surface area (Å²) in [5, 5.41) is 0. The molecular weight excluding hydrogens is 401 g/mol. The molecule has 0 atom stereocenters. The number of hydrogen-bond donors (Lipinski definition) is 0. The molecule has 0 bridgehead atoms. The van der Waals surface area contributed by atoms with Crippen molar-refractivity contribution in [3.8, 4) is 0 Å². The zero-order valence-corrected chi connectivity index (χ0v) is 14.9. The van der Waals surface area contributed by atoms with Crippen LogP contribution in [-0.2, 0) is 0 Å². The summed E-state index contributed by atoms with van der Waals surface area (Å²) in [6.45, 7) is 8.26. The second-order valence-electron chi connectivity index (χ2n) is 2.35. The molecule has 0 aliphatic rings. The fourth-order valence-electron chi connectivity index (χ4n) is 0.653. The van der Waals surface area contributed by atoms with Crippen LogP contribution in [0.15, 0.2) is 18.5 Å². The number of aromatic nitrogens is 1. The van der Waals surface area contributed by atoms with E-state index in [1.54, 1.807) is 6.20 Å². The molecule has 12 heavy (non-hydrogen) atoms. The molecular formula is C10H16NRf-. The normalized spacial score (nSPS) is 8.08. The molecule has 0 spiro atoms. The van der Waals surface area contributed by atoms with Gasteiger partial charge in [0, 0.05) is 0 Å². The van der Waals surface area contributed by atoms with Gasteiger partial charge in [-0.25, -0.2) is 0 Å². The molecule has 1 aromatic rings. The minimum Gasteiger partial charge on any atom is -0.391 e. The predicted octanol–water partition coefficient (Wildman–Crippen LogP) is 3.03. The molecule has 1 heterocycles. The Morgan fingerprint density at radius 1 is 1.33 bits per heavy atom. The van der Waals surface area contributed by atoms with Gasteiger partial charge in [-0.1, -0.05) is 40.1 Å². The van der Waals surface area contributed by atoms with Gasteiger partial charge in [-0.05, 0) is 5.92 Å². The van der Waals surface area contributed by atoms with Crippen LogP contribution in [0.2, 0.25) is 0 Å². The molecule has 0 aromatic carbocycles. The van der Waals surface area contributed by atoms with Crippen molar-refractivity contribution in [3.05, 3.63) is 30.1 Å². The molecule has 0 fully saturated rings. The second kappa shape index (κ2) is 7.26. The first-order valence-electron chi connectivity index (χ1n) is 4.12. The maximum atomic E-state index is 3.97. The third-order valence-corrected chi connectivity index (χ3v) is 1.25. The van der Waals surface area contributed by atoms with Gasteiger partial charge < -0.3 is 4.98 Å². The molecule has 1 nitrogen and oxygen atoms in total. The largest absolute Gasteiger partial charge is 0.391 e. The van der Waals surface area contributed by atoms with Gasteiger partial charge in [-0.2, -0.15) is 12.1 Å². The summed E-state index contributed by atoms with van der Waals surface area (Å²) in [5.41, 5.74) is 1.18. The Kier molecular flexibility index (Phi) is 7.74. The Morgan fingerprint density at radius 3 is 2.17 bits per heavy atom. The molecule has 0 amide bonds. The van der Waals surface area contributed by atoms with E-state index in [0.717, 1.165) is 0 Å². The van der Waals surface area contributed by atoms with Crippen molar-refractivity contribution in [1.29, 1.82) is 0 Å². The zero-order chi connectivity index (χ0) is 8.69. The number of nitrogens with zero attached hydrogens (tertiary/aromatic N) is 1. The summed E-state index contributed by atoms with van der Waals surface area (Å²) in [7, 11) is 0. The van der Waals surface area contributed by atoms with Crippen LogP contribution in [0.1, 0.15) is 39.2 Å². The van der Waals surface area contributed by atoms with E-state index in [9.17, 15) is 0 Å². The smallest absolute Gasteiger partial charge is 0 e. The second-order valence-corrected chi connectivity index (χ2v) is 2.35. The van der Waals surface area contributed by atoms with Gasteiger partial charge in [0.15, 0.2) is 0 Å². The van der Waals surface area contributed by atoms with Crippen molar-refractivity contribution >= 4 is 0 Å². The van der Waals surface area contributed by atoms with Crippen molar-refractivity contribution in [3.63, 3.8) is 0 Å². The van der Waals surface area contributed by atoms with Crippen molar-refractivity contribution in [2.24, 2.45) is 0 Å². The van der Waals surface area contributed by atoms with Crippen LogP contribution in [0, 0.1) is 6.07 Å². The van der Waals surface area contributed by atoms with Crippen LogP contribution in [0.5, 0.6) is 0 Å². The topological polar surface area (TPSA) is 12.9 Å². The Bertz CT molecular complexity index is 172. The molecule has 0 radical (unpaired) electrons. The van der Waals surface area contributed by atoms with Crippen molar-refractivity contribution in [1.82, 2.24) is 4.98 Å². The number of hydrogen-bond acceptors (Lipinski definition) is 1. The van der Waals surface area contributed by atoms with E-state index < -0.39 is 0 Å². The summed E-state index contributed by atoms with van der Waals surface area (Å²) in [6, 6.07) is 4.95. The average molecular weight is 417 g/mol. The van der Waals surface area contributed by atoms with Crippen molar-refractivity contribution in [2.45, 2.75) is 33.6 Å². The van der Waals surface area contributed by atoms with Gasteiger partial charge in [0.2, 0.25) is 0 Å². The molecule has 1 aromatic heterocycles. The van der Waals surface area contributed by atoms with Gasteiger partial charge >= 0.3 is 0 Å². The molecule has 64 valence electrons. The Morgan fingerprint density at radius 2 is 1.92 bits per heavy atom. The zero-order valence-electron chi connectivity index (χ0n) is 8.46. The first-order valence-corrected chi connectivity index (χ1v) is 4.12. The first kappa shape index (κ1) is 12.8. The third kappa shape index (κ3) is 4.04. The SMILES string of the molecule is CC.CC(C)c1[c-]ccnc1.[Rf]. The molecule has 0 saturated heterocycles. The molecule has 0 saturated carbocycles. The van der Waals surface area contributed by atoms with Gasteiger partial charge in [0.1, 0.15) is 0 Å². The van der Waals surface area contributed by atoms with Crippen LogP contribution in [0.3, 0.4) is 0 Å². The summed E-state index contributed by atoms with van der Waals surface area (Å²) < 4.78 is 0. The summed E-state index contributed by atoms with van der Waals surface area (Å²) >= 11 is 0. The van der Waals surface area contributed by atoms with Crippen LogP contribution in [0.4, 0.5) is 0 Å². The van der Waals surface area contributed by atoms with E-state index in [4.69, 9.17) is 0 Å². The molecule has 0 N–H and O–H groups in total. The van der Waals surface area contributed by atoms with E-state index in [2.05, 4.69) is 24.9 Å². The molecule has 2 heteroatoms. The van der Waals surface area contributed by atoms with Crippen LogP contribution in [0.25, 0.3) is 0 Å². The Balaban J connectivity index is 0. The van der Waals surface area contributed by atoms with Crippen LogP contribution < -0.4 is 0 Å². The van der Waals surface area contributed by atoms with Gasteiger partial charge in [-0.3, -0.25) is 0 Å². The Hall–Kier alpha value is -1.85. The van der Waals surface area contributed by atoms with E-state index in [-0.39, 0.29) is 0 Å². The van der Waals surface area contributed by atoms with Crippen molar-refractivity contribution in [2.75, 3.05) is 0 Å². The fraction of sp³-hybridized carbons (Fsp3) is 0.500. The summed E-state index contributed by atoms with van der Waals surface area (Å²) in [4.78, 5) is 3.97. The van der Waals surface area contributed by atoms with Crippen LogP contribution >= 0.6 is 0 Å². The van der Waals surface area contributed by atoms with E-state index >= 15 is 0 Å². The minimum absolute atomic E-state index is 0.